The molecule has 0 bridgehead atoms. The van der Waals surface area contributed by atoms with E-state index in [0.29, 0.717) is 23.5 Å². The van der Waals surface area contributed by atoms with Crippen molar-refractivity contribution in [3.05, 3.63) is 23.6 Å². The summed E-state index contributed by atoms with van der Waals surface area (Å²) in [5.74, 6) is 3.40. The molecule has 2 N–H and O–H groups in total. The molecule has 0 aliphatic rings. The van der Waals surface area contributed by atoms with Crippen LogP contribution in [0.25, 0.3) is 0 Å². The van der Waals surface area contributed by atoms with Gasteiger partial charge in [-0.15, -0.1) is 0 Å². The molecule has 0 fully saturated rings. The van der Waals surface area contributed by atoms with Crippen molar-refractivity contribution in [2.45, 2.75) is 34.1 Å². The highest BCUT2D eigenvalue weighted by molar-refractivity contribution is 5.53. The molecule has 0 saturated carbocycles. The first-order valence-electron chi connectivity index (χ1n) is 6.83. The molecule has 0 spiro atoms. The molecule has 0 aliphatic heterocycles. The summed E-state index contributed by atoms with van der Waals surface area (Å²) in [6.45, 7) is 9.04. The van der Waals surface area contributed by atoms with Crippen LogP contribution in [0.3, 0.4) is 0 Å². The first kappa shape index (κ1) is 14.3. The minimum absolute atomic E-state index is 0.633. The minimum Gasteiger partial charge on any atom is -0.360 e. The van der Waals surface area contributed by atoms with Gasteiger partial charge >= 0.3 is 0 Å². The average molecular weight is 275 g/mol. The molecule has 0 unspecified atom stereocenters. The lowest BCUT2D eigenvalue weighted by molar-refractivity contribution is 0.400. The summed E-state index contributed by atoms with van der Waals surface area (Å²) in [6.07, 6.45) is 1.09. The molecule has 0 saturated heterocycles. The lowest BCUT2D eigenvalue weighted by atomic mass is 10.1. The highest BCUT2D eigenvalue weighted by Crippen LogP contribution is 2.16. The van der Waals surface area contributed by atoms with E-state index in [1.807, 2.05) is 26.0 Å². The van der Waals surface area contributed by atoms with E-state index in [1.165, 1.54) is 0 Å². The third kappa shape index (κ3) is 4.22. The number of hydrogen-bond donors (Lipinski definition) is 2. The zero-order valence-corrected chi connectivity index (χ0v) is 12.4. The fourth-order valence-electron chi connectivity index (χ4n) is 1.74. The molecule has 0 amide bonds. The smallest absolute Gasteiger partial charge is 0.224 e. The standard InChI is InChI=1S/C14H21N5O/c1-9(2)5-6-15-14-16-10(3)7-12(18-14)17-13-8-11(4)20-19-13/h7-9H,5-6H2,1-4H3,(H2,15,16,17,18,19). The molecule has 2 heterocycles. The SMILES string of the molecule is Cc1cc(Nc2cc(C)on2)nc(NCCC(C)C)n1. The molecular weight excluding hydrogens is 254 g/mol. The number of anilines is 3. The van der Waals surface area contributed by atoms with Crippen molar-refractivity contribution >= 4 is 17.6 Å². The van der Waals surface area contributed by atoms with Gasteiger partial charge in [-0.2, -0.15) is 4.98 Å². The highest BCUT2D eigenvalue weighted by atomic mass is 16.5. The fourth-order valence-corrected chi connectivity index (χ4v) is 1.74. The molecule has 108 valence electrons. The Morgan fingerprint density at radius 3 is 2.60 bits per heavy atom. The van der Waals surface area contributed by atoms with E-state index in [-0.39, 0.29) is 0 Å². The van der Waals surface area contributed by atoms with Crippen LogP contribution in [-0.4, -0.2) is 21.7 Å². The Labute approximate surface area is 119 Å². The fraction of sp³-hybridized carbons (Fsp3) is 0.500. The first-order chi connectivity index (χ1) is 9.52. The van der Waals surface area contributed by atoms with Gasteiger partial charge in [-0.25, -0.2) is 4.98 Å². The summed E-state index contributed by atoms with van der Waals surface area (Å²) in [7, 11) is 0. The lowest BCUT2D eigenvalue weighted by Crippen LogP contribution is -2.09. The van der Waals surface area contributed by atoms with Crippen LogP contribution in [0, 0.1) is 19.8 Å². The van der Waals surface area contributed by atoms with Crippen molar-refractivity contribution in [3.8, 4) is 0 Å². The van der Waals surface area contributed by atoms with E-state index in [1.54, 1.807) is 0 Å². The van der Waals surface area contributed by atoms with Gasteiger partial charge in [0.2, 0.25) is 5.95 Å². The Kier molecular flexibility index (Phi) is 4.55. The monoisotopic (exact) mass is 275 g/mol. The van der Waals surface area contributed by atoms with Crippen LogP contribution >= 0.6 is 0 Å². The van der Waals surface area contributed by atoms with Crippen molar-refractivity contribution in [1.29, 1.82) is 0 Å². The zero-order valence-electron chi connectivity index (χ0n) is 12.4. The molecule has 20 heavy (non-hydrogen) atoms. The van der Waals surface area contributed by atoms with Gasteiger partial charge < -0.3 is 15.2 Å². The predicted octanol–water partition coefficient (Wildman–Crippen LogP) is 3.28. The summed E-state index contributed by atoms with van der Waals surface area (Å²) < 4.78 is 5.02. The molecule has 0 atom stereocenters. The second kappa shape index (κ2) is 6.36. The van der Waals surface area contributed by atoms with Gasteiger partial charge in [0.05, 0.1) is 0 Å². The number of hydrogen-bond acceptors (Lipinski definition) is 6. The van der Waals surface area contributed by atoms with Crippen LogP contribution < -0.4 is 10.6 Å². The molecule has 6 nitrogen and oxygen atoms in total. The van der Waals surface area contributed by atoms with E-state index >= 15 is 0 Å². The molecule has 6 heteroatoms. The van der Waals surface area contributed by atoms with Crippen molar-refractivity contribution in [2.24, 2.45) is 5.92 Å². The van der Waals surface area contributed by atoms with E-state index in [2.05, 4.69) is 39.6 Å². The van der Waals surface area contributed by atoms with Crippen molar-refractivity contribution in [3.63, 3.8) is 0 Å². The largest absolute Gasteiger partial charge is 0.360 e. The lowest BCUT2D eigenvalue weighted by Gasteiger charge is -2.09. The number of aryl methyl sites for hydroxylation is 2. The Morgan fingerprint density at radius 2 is 1.95 bits per heavy atom. The maximum Gasteiger partial charge on any atom is 0.224 e. The van der Waals surface area contributed by atoms with Gasteiger partial charge in [-0.3, -0.25) is 0 Å². The van der Waals surface area contributed by atoms with Crippen LogP contribution in [0.5, 0.6) is 0 Å². The number of aromatic nitrogens is 3. The van der Waals surface area contributed by atoms with Crippen LogP contribution in [0.1, 0.15) is 31.7 Å². The van der Waals surface area contributed by atoms with E-state index < -0.39 is 0 Å². The van der Waals surface area contributed by atoms with Gasteiger partial charge in [0.25, 0.3) is 0 Å². The highest BCUT2D eigenvalue weighted by Gasteiger charge is 2.05. The summed E-state index contributed by atoms with van der Waals surface area (Å²) in [5, 5.41) is 10.2. The van der Waals surface area contributed by atoms with Crippen LogP contribution in [0.15, 0.2) is 16.7 Å². The third-order valence-corrected chi connectivity index (χ3v) is 2.74. The molecule has 2 rings (SSSR count). The molecular formula is C14H21N5O. The maximum atomic E-state index is 5.02. The summed E-state index contributed by atoms with van der Waals surface area (Å²) in [6, 6.07) is 3.70. The van der Waals surface area contributed by atoms with E-state index in [4.69, 9.17) is 4.52 Å². The number of nitrogens with zero attached hydrogens (tertiary/aromatic N) is 3. The van der Waals surface area contributed by atoms with Gasteiger partial charge in [0.1, 0.15) is 11.6 Å². The number of nitrogens with one attached hydrogen (secondary N) is 2. The molecule has 0 aliphatic carbocycles. The van der Waals surface area contributed by atoms with Crippen LogP contribution in [0.4, 0.5) is 17.6 Å². The summed E-state index contributed by atoms with van der Waals surface area (Å²) >= 11 is 0. The predicted molar refractivity (Wildman–Crippen MR) is 79.2 cm³/mol. The molecule has 2 aromatic rings. The van der Waals surface area contributed by atoms with Gasteiger partial charge in [-0.1, -0.05) is 19.0 Å². The Morgan fingerprint density at radius 1 is 1.15 bits per heavy atom. The van der Waals surface area contributed by atoms with Gasteiger partial charge in [0, 0.05) is 24.4 Å². The molecule has 0 aromatic carbocycles. The first-order valence-corrected chi connectivity index (χ1v) is 6.83. The van der Waals surface area contributed by atoms with Crippen molar-refractivity contribution < 1.29 is 4.52 Å². The Bertz CT molecular complexity index is 564. The Hall–Kier alpha value is -2.11. The Balaban J connectivity index is 2.04. The number of rotatable bonds is 6. The second-order valence-corrected chi connectivity index (χ2v) is 5.28. The quantitative estimate of drug-likeness (QED) is 0.842. The zero-order chi connectivity index (χ0) is 14.5. The normalized spacial score (nSPS) is 10.8. The van der Waals surface area contributed by atoms with Crippen molar-refractivity contribution in [1.82, 2.24) is 15.1 Å². The van der Waals surface area contributed by atoms with E-state index in [0.717, 1.165) is 24.4 Å². The van der Waals surface area contributed by atoms with Crippen LogP contribution in [0.2, 0.25) is 0 Å². The average Bonchev–Trinajstić information content (AvgIpc) is 2.73. The van der Waals surface area contributed by atoms with Gasteiger partial charge in [-0.05, 0) is 26.2 Å². The van der Waals surface area contributed by atoms with Crippen molar-refractivity contribution in [2.75, 3.05) is 17.2 Å². The van der Waals surface area contributed by atoms with Gasteiger partial charge in [0.15, 0.2) is 5.82 Å². The third-order valence-electron chi connectivity index (χ3n) is 2.74. The molecule has 2 aromatic heterocycles. The minimum atomic E-state index is 0.633. The topological polar surface area (TPSA) is 75.9 Å². The summed E-state index contributed by atoms with van der Waals surface area (Å²) in [5.41, 5.74) is 0.898. The summed E-state index contributed by atoms with van der Waals surface area (Å²) in [4.78, 5) is 8.79. The molecule has 0 radical (unpaired) electrons. The second-order valence-electron chi connectivity index (χ2n) is 5.28. The van der Waals surface area contributed by atoms with E-state index in [9.17, 15) is 0 Å². The maximum absolute atomic E-state index is 5.02. The van der Waals surface area contributed by atoms with Crippen LogP contribution in [-0.2, 0) is 0 Å².